The number of halogens is 1. The Balaban J connectivity index is 1.92. The van der Waals surface area contributed by atoms with Gasteiger partial charge in [-0.3, -0.25) is 14.9 Å². The normalized spacial score (nSPS) is 11.0. The van der Waals surface area contributed by atoms with Crippen LogP contribution in [0.4, 0.5) is 11.4 Å². The summed E-state index contributed by atoms with van der Waals surface area (Å²) in [5.41, 5.74) is 0.677. The summed E-state index contributed by atoms with van der Waals surface area (Å²) in [6.07, 6.45) is 3.14. The number of nitro groups is 1. The molecular weight excluding hydrogens is 346 g/mol. The third-order valence-electron chi connectivity index (χ3n) is 3.58. The molecule has 1 aromatic carbocycles. The first-order chi connectivity index (χ1) is 11.9. The smallest absolute Gasteiger partial charge is 0.282 e. The molecule has 0 radical (unpaired) electrons. The van der Waals surface area contributed by atoms with Crippen molar-refractivity contribution in [2.24, 2.45) is 0 Å². The molecule has 0 aliphatic carbocycles. The van der Waals surface area contributed by atoms with Gasteiger partial charge in [-0.2, -0.15) is 5.10 Å². The number of rotatable bonds is 4. The van der Waals surface area contributed by atoms with Crippen LogP contribution in [0.25, 0.3) is 11.0 Å². The maximum absolute atomic E-state index is 12.4. The zero-order chi connectivity index (χ0) is 18.1. The van der Waals surface area contributed by atoms with Gasteiger partial charge in [0.25, 0.3) is 11.6 Å². The van der Waals surface area contributed by atoms with E-state index in [2.05, 4.69) is 15.4 Å². The molecule has 0 aliphatic heterocycles. The number of hydrogen-bond donors (Lipinski definition) is 1. The first kappa shape index (κ1) is 16.8. The maximum Gasteiger partial charge on any atom is 0.282 e. The van der Waals surface area contributed by atoms with Crippen LogP contribution < -0.4 is 5.32 Å². The minimum atomic E-state index is -0.633. The Labute approximate surface area is 147 Å². The van der Waals surface area contributed by atoms with Crippen LogP contribution in [-0.2, 0) is 0 Å². The van der Waals surface area contributed by atoms with Crippen molar-refractivity contribution in [2.45, 2.75) is 19.9 Å². The van der Waals surface area contributed by atoms with E-state index in [1.807, 2.05) is 13.8 Å². The van der Waals surface area contributed by atoms with Gasteiger partial charge in [-0.05, 0) is 32.0 Å². The summed E-state index contributed by atoms with van der Waals surface area (Å²) in [5, 5.41) is 19.0. The van der Waals surface area contributed by atoms with Crippen molar-refractivity contribution in [3.63, 3.8) is 0 Å². The maximum atomic E-state index is 12.4. The lowest BCUT2D eigenvalue weighted by Crippen LogP contribution is -2.14. The number of fused-ring (bicyclic) bond motifs is 1. The van der Waals surface area contributed by atoms with E-state index >= 15 is 0 Å². The fourth-order valence-electron chi connectivity index (χ4n) is 2.43. The molecule has 0 aliphatic rings. The van der Waals surface area contributed by atoms with Crippen molar-refractivity contribution in [3.05, 3.63) is 57.4 Å². The van der Waals surface area contributed by atoms with Gasteiger partial charge in [-0.1, -0.05) is 11.6 Å². The quantitative estimate of drug-likeness (QED) is 0.563. The molecule has 9 heteroatoms. The summed E-state index contributed by atoms with van der Waals surface area (Å²) in [5.74, 6) is -0.633. The largest absolute Gasteiger partial charge is 0.320 e. The summed E-state index contributed by atoms with van der Waals surface area (Å²) in [6, 6.07) is 5.69. The van der Waals surface area contributed by atoms with E-state index in [1.165, 1.54) is 24.4 Å². The number of aromatic nitrogens is 3. The van der Waals surface area contributed by atoms with Gasteiger partial charge in [-0.15, -0.1) is 0 Å². The number of nitrogens with zero attached hydrogens (tertiary/aromatic N) is 4. The fraction of sp³-hybridized carbons (Fsp3) is 0.188. The van der Waals surface area contributed by atoms with Crippen molar-refractivity contribution < 1.29 is 9.72 Å². The van der Waals surface area contributed by atoms with Gasteiger partial charge in [0.05, 0.1) is 23.0 Å². The van der Waals surface area contributed by atoms with Crippen molar-refractivity contribution >= 4 is 39.9 Å². The van der Waals surface area contributed by atoms with Gasteiger partial charge in [0.2, 0.25) is 0 Å². The van der Waals surface area contributed by atoms with Crippen LogP contribution >= 0.6 is 11.6 Å². The standard InChI is InChI=1S/C16H14ClN5O3/c1-9(2)21-15-10(7-19-21)5-12(8-18-15)20-16(23)13-6-11(17)3-4-14(13)22(24)25/h3-9H,1-2H3,(H,20,23). The summed E-state index contributed by atoms with van der Waals surface area (Å²) in [6.45, 7) is 3.98. The van der Waals surface area contributed by atoms with E-state index in [9.17, 15) is 14.9 Å². The molecule has 1 N–H and O–H groups in total. The molecule has 0 atom stereocenters. The molecule has 0 bridgehead atoms. The molecule has 2 aromatic heterocycles. The zero-order valence-electron chi connectivity index (χ0n) is 13.4. The van der Waals surface area contributed by atoms with Gasteiger partial charge in [-0.25, -0.2) is 9.67 Å². The Morgan fingerprint density at radius 1 is 1.32 bits per heavy atom. The SMILES string of the molecule is CC(C)n1ncc2cc(NC(=O)c3cc(Cl)ccc3[N+](=O)[O-])cnc21. The summed E-state index contributed by atoms with van der Waals surface area (Å²) in [4.78, 5) is 27.2. The number of nitrogens with one attached hydrogen (secondary N) is 1. The second-order valence-electron chi connectivity index (χ2n) is 5.69. The van der Waals surface area contributed by atoms with Gasteiger partial charge in [0.15, 0.2) is 5.65 Å². The molecule has 0 saturated heterocycles. The number of amides is 1. The lowest BCUT2D eigenvalue weighted by atomic mass is 10.1. The Morgan fingerprint density at radius 2 is 2.08 bits per heavy atom. The zero-order valence-corrected chi connectivity index (χ0v) is 14.2. The first-order valence-corrected chi connectivity index (χ1v) is 7.83. The Hall–Kier alpha value is -3.00. The second-order valence-corrected chi connectivity index (χ2v) is 6.13. The number of hydrogen-bond acceptors (Lipinski definition) is 5. The highest BCUT2D eigenvalue weighted by Gasteiger charge is 2.21. The molecule has 25 heavy (non-hydrogen) atoms. The fourth-order valence-corrected chi connectivity index (χ4v) is 2.61. The van der Waals surface area contributed by atoms with Gasteiger partial charge < -0.3 is 5.32 Å². The molecule has 3 aromatic rings. The number of benzene rings is 1. The minimum Gasteiger partial charge on any atom is -0.320 e. The third-order valence-corrected chi connectivity index (χ3v) is 3.82. The van der Waals surface area contributed by atoms with Gasteiger partial charge >= 0.3 is 0 Å². The van der Waals surface area contributed by atoms with Crippen LogP contribution in [0, 0.1) is 10.1 Å². The average Bonchev–Trinajstić information content (AvgIpc) is 2.97. The predicted octanol–water partition coefficient (Wildman–Crippen LogP) is 3.83. The topological polar surface area (TPSA) is 103 Å². The van der Waals surface area contributed by atoms with Crippen molar-refractivity contribution in [2.75, 3.05) is 5.32 Å². The van der Waals surface area contributed by atoms with Crippen LogP contribution in [0.15, 0.2) is 36.7 Å². The van der Waals surface area contributed by atoms with E-state index in [0.717, 1.165) is 5.39 Å². The molecule has 0 spiro atoms. The molecule has 1 amide bonds. The summed E-state index contributed by atoms with van der Waals surface area (Å²) >= 11 is 5.85. The molecule has 0 unspecified atom stereocenters. The second kappa shape index (κ2) is 6.48. The predicted molar refractivity (Wildman–Crippen MR) is 94.0 cm³/mol. The van der Waals surface area contributed by atoms with E-state index in [0.29, 0.717) is 11.3 Å². The van der Waals surface area contributed by atoms with E-state index in [1.54, 1.807) is 16.9 Å². The monoisotopic (exact) mass is 359 g/mol. The highest BCUT2D eigenvalue weighted by molar-refractivity contribution is 6.31. The molecule has 0 fully saturated rings. The van der Waals surface area contributed by atoms with Crippen LogP contribution in [0.3, 0.4) is 0 Å². The molecular formula is C16H14ClN5O3. The van der Waals surface area contributed by atoms with E-state index in [-0.39, 0.29) is 22.3 Å². The van der Waals surface area contributed by atoms with E-state index in [4.69, 9.17) is 11.6 Å². The van der Waals surface area contributed by atoms with Crippen LogP contribution in [0.1, 0.15) is 30.2 Å². The lowest BCUT2D eigenvalue weighted by Gasteiger charge is -2.08. The van der Waals surface area contributed by atoms with Crippen molar-refractivity contribution in [3.8, 4) is 0 Å². The number of anilines is 1. The lowest BCUT2D eigenvalue weighted by molar-refractivity contribution is -0.385. The highest BCUT2D eigenvalue weighted by Crippen LogP contribution is 2.25. The third kappa shape index (κ3) is 3.29. The Morgan fingerprint density at radius 3 is 2.76 bits per heavy atom. The van der Waals surface area contributed by atoms with E-state index < -0.39 is 10.8 Å². The summed E-state index contributed by atoms with van der Waals surface area (Å²) < 4.78 is 1.77. The highest BCUT2D eigenvalue weighted by atomic mass is 35.5. The number of pyridine rings is 1. The van der Waals surface area contributed by atoms with Crippen molar-refractivity contribution in [1.82, 2.24) is 14.8 Å². The van der Waals surface area contributed by atoms with Crippen LogP contribution in [0.2, 0.25) is 5.02 Å². The Bertz CT molecular complexity index is 983. The molecule has 2 heterocycles. The van der Waals surface area contributed by atoms with Crippen molar-refractivity contribution in [1.29, 1.82) is 0 Å². The van der Waals surface area contributed by atoms with Gasteiger partial charge in [0.1, 0.15) is 5.56 Å². The molecule has 8 nitrogen and oxygen atoms in total. The summed E-state index contributed by atoms with van der Waals surface area (Å²) in [7, 11) is 0. The number of carbonyl (C=O) groups is 1. The molecule has 3 rings (SSSR count). The van der Waals surface area contributed by atoms with Crippen LogP contribution in [0.5, 0.6) is 0 Å². The number of carbonyl (C=O) groups excluding carboxylic acids is 1. The molecule has 0 saturated carbocycles. The first-order valence-electron chi connectivity index (χ1n) is 7.45. The van der Waals surface area contributed by atoms with Crippen LogP contribution in [-0.4, -0.2) is 25.6 Å². The molecule has 128 valence electrons. The Kier molecular flexibility index (Phi) is 4.37. The van der Waals surface area contributed by atoms with Gasteiger partial charge in [0, 0.05) is 22.5 Å². The average molecular weight is 360 g/mol. The number of nitro benzene ring substituents is 1. The minimum absolute atomic E-state index is 0.115.